The third-order valence-electron chi connectivity index (χ3n) is 4.34. The zero-order valence-corrected chi connectivity index (χ0v) is 15.1. The Labute approximate surface area is 154 Å². The maximum atomic E-state index is 13.1. The lowest BCUT2D eigenvalue weighted by Gasteiger charge is -2.22. The lowest BCUT2D eigenvalue weighted by atomic mass is 10.1. The number of hydrogen-bond donors (Lipinski definition) is 0. The number of furan rings is 1. The van der Waals surface area contributed by atoms with Gasteiger partial charge in [-0.1, -0.05) is 37.3 Å². The Kier molecular flexibility index (Phi) is 5.74. The molecule has 1 aromatic heterocycles. The second-order valence-corrected chi connectivity index (χ2v) is 6.14. The van der Waals surface area contributed by atoms with Gasteiger partial charge in [0.05, 0.1) is 19.9 Å². The van der Waals surface area contributed by atoms with E-state index in [1.165, 1.54) is 5.56 Å². The molecule has 0 aliphatic rings. The first-order valence-electron chi connectivity index (χ1n) is 8.73. The van der Waals surface area contributed by atoms with Crippen molar-refractivity contribution in [3.8, 4) is 5.75 Å². The van der Waals surface area contributed by atoms with E-state index in [-0.39, 0.29) is 5.91 Å². The van der Waals surface area contributed by atoms with Gasteiger partial charge in [-0.05, 0) is 47.9 Å². The SMILES string of the molecule is CCc1ccc(CN(Cc2ccco2)C(=O)c2cccc(OC)c2)cc1. The summed E-state index contributed by atoms with van der Waals surface area (Å²) in [4.78, 5) is 14.9. The van der Waals surface area contributed by atoms with Crippen molar-refractivity contribution in [1.29, 1.82) is 0 Å². The predicted molar refractivity (Wildman–Crippen MR) is 101 cm³/mol. The summed E-state index contributed by atoms with van der Waals surface area (Å²) in [6.45, 7) is 3.06. The molecule has 1 amide bonds. The monoisotopic (exact) mass is 349 g/mol. The normalized spacial score (nSPS) is 10.5. The molecule has 0 bridgehead atoms. The first-order chi connectivity index (χ1) is 12.7. The van der Waals surface area contributed by atoms with Gasteiger partial charge in [0.1, 0.15) is 11.5 Å². The van der Waals surface area contributed by atoms with E-state index in [9.17, 15) is 4.79 Å². The number of benzene rings is 2. The smallest absolute Gasteiger partial charge is 0.254 e. The Bertz CT molecular complexity index is 838. The van der Waals surface area contributed by atoms with Crippen LogP contribution >= 0.6 is 0 Å². The molecule has 0 spiro atoms. The van der Waals surface area contributed by atoms with Gasteiger partial charge in [0.25, 0.3) is 5.91 Å². The van der Waals surface area contributed by atoms with Gasteiger partial charge in [-0.25, -0.2) is 0 Å². The standard InChI is InChI=1S/C22H23NO3/c1-3-17-9-11-18(12-10-17)15-23(16-21-8-5-13-26-21)22(24)19-6-4-7-20(14-19)25-2/h4-14H,3,15-16H2,1-2H3. The highest BCUT2D eigenvalue weighted by Gasteiger charge is 2.18. The van der Waals surface area contributed by atoms with Crippen LogP contribution < -0.4 is 4.74 Å². The van der Waals surface area contributed by atoms with Gasteiger partial charge in [0, 0.05) is 12.1 Å². The molecule has 3 rings (SSSR count). The van der Waals surface area contributed by atoms with Crippen LogP contribution in [0, 0.1) is 0 Å². The number of aryl methyl sites for hydroxylation is 1. The molecule has 3 aromatic rings. The number of carbonyl (C=O) groups excluding carboxylic acids is 1. The average molecular weight is 349 g/mol. The molecule has 0 atom stereocenters. The quantitative estimate of drug-likeness (QED) is 0.621. The number of nitrogens with zero attached hydrogens (tertiary/aromatic N) is 1. The van der Waals surface area contributed by atoms with Crippen molar-refractivity contribution in [3.05, 3.63) is 89.4 Å². The minimum atomic E-state index is -0.0557. The van der Waals surface area contributed by atoms with E-state index in [1.54, 1.807) is 30.4 Å². The Morgan fingerprint density at radius 3 is 2.42 bits per heavy atom. The third kappa shape index (κ3) is 4.33. The topological polar surface area (TPSA) is 42.7 Å². The van der Waals surface area contributed by atoms with Crippen LogP contribution in [0.15, 0.2) is 71.3 Å². The Balaban J connectivity index is 1.84. The van der Waals surface area contributed by atoms with E-state index in [2.05, 4.69) is 31.2 Å². The Hall–Kier alpha value is -3.01. The number of ether oxygens (including phenoxy) is 1. The fraction of sp³-hybridized carbons (Fsp3) is 0.227. The van der Waals surface area contributed by atoms with Crippen molar-refractivity contribution >= 4 is 5.91 Å². The lowest BCUT2D eigenvalue weighted by Crippen LogP contribution is -2.30. The minimum Gasteiger partial charge on any atom is -0.497 e. The fourth-order valence-electron chi connectivity index (χ4n) is 2.83. The highest BCUT2D eigenvalue weighted by molar-refractivity contribution is 5.94. The molecule has 0 saturated carbocycles. The molecule has 2 aromatic carbocycles. The molecule has 0 unspecified atom stereocenters. The number of amides is 1. The molecule has 0 N–H and O–H groups in total. The summed E-state index contributed by atoms with van der Waals surface area (Å²) in [6.07, 6.45) is 2.62. The van der Waals surface area contributed by atoms with Crippen LogP contribution in [-0.4, -0.2) is 17.9 Å². The van der Waals surface area contributed by atoms with Gasteiger partial charge in [-0.3, -0.25) is 4.79 Å². The second-order valence-electron chi connectivity index (χ2n) is 6.14. The summed E-state index contributed by atoms with van der Waals surface area (Å²) in [5.41, 5.74) is 2.97. The van der Waals surface area contributed by atoms with Crippen molar-refractivity contribution < 1.29 is 13.9 Å². The number of rotatable bonds is 7. The van der Waals surface area contributed by atoms with Crippen molar-refractivity contribution in [2.45, 2.75) is 26.4 Å². The molecular weight excluding hydrogens is 326 g/mol. The fourth-order valence-corrected chi connectivity index (χ4v) is 2.83. The molecule has 4 heteroatoms. The summed E-state index contributed by atoms with van der Waals surface area (Å²) in [5, 5.41) is 0. The highest BCUT2D eigenvalue weighted by Crippen LogP contribution is 2.18. The Morgan fingerprint density at radius 1 is 1.00 bits per heavy atom. The van der Waals surface area contributed by atoms with E-state index in [0.29, 0.717) is 24.4 Å². The van der Waals surface area contributed by atoms with Gasteiger partial charge in [0.2, 0.25) is 0 Å². The zero-order chi connectivity index (χ0) is 18.4. The number of carbonyl (C=O) groups is 1. The number of methoxy groups -OCH3 is 1. The summed E-state index contributed by atoms with van der Waals surface area (Å²) in [7, 11) is 1.60. The first-order valence-corrected chi connectivity index (χ1v) is 8.73. The van der Waals surface area contributed by atoms with Crippen molar-refractivity contribution in [2.24, 2.45) is 0 Å². The van der Waals surface area contributed by atoms with E-state index in [0.717, 1.165) is 17.7 Å². The minimum absolute atomic E-state index is 0.0557. The molecule has 0 aliphatic carbocycles. The van der Waals surface area contributed by atoms with E-state index in [1.807, 2.05) is 24.3 Å². The Morgan fingerprint density at radius 2 is 1.77 bits per heavy atom. The van der Waals surface area contributed by atoms with E-state index in [4.69, 9.17) is 9.15 Å². The molecule has 4 nitrogen and oxygen atoms in total. The molecule has 0 saturated heterocycles. The van der Waals surface area contributed by atoms with Crippen molar-refractivity contribution in [2.75, 3.05) is 7.11 Å². The maximum absolute atomic E-state index is 13.1. The first kappa shape index (κ1) is 17.8. The van der Waals surface area contributed by atoms with Gasteiger partial charge in [0.15, 0.2) is 0 Å². The van der Waals surface area contributed by atoms with Crippen LogP contribution in [0.25, 0.3) is 0 Å². The maximum Gasteiger partial charge on any atom is 0.254 e. The van der Waals surface area contributed by atoms with Crippen molar-refractivity contribution in [1.82, 2.24) is 4.90 Å². The molecule has 134 valence electrons. The summed E-state index contributed by atoms with van der Waals surface area (Å²) in [5.74, 6) is 1.37. The molecule has 0 aliphatic heterocycles. The van der Waals surface area contributed by atoms with Crippen LogP contribution in [0.2, 0.25) is 0 Å². The summed E-state index contributed by atoms with van der Waals surface area (Å²) < 4.78 is 10.7. The molecule has 0 radical (unpaired) electrons. The van der Waals surface area contributed by atoms with Gasteiger partial charge >= 0.3 is 0 Å². The van der Waals surface area contributed by atoms with Crippen LogP contribution in [0.3, 0.4) is 0 Å². The zero-order valence-electron chi connectivity index (χ0n) is 15.1. The van der Waals surface area contributed by atoms with E-state index >= 15 is 0 Å². The predicted octanol–water partition coefficient (Wildman–Crippen LogP) is 4.69. The van der Waals surface area contributed by atoms with Gasteiger partial charge in [-0.15, -0.1) is 0 Å². The van der Waals surface area contributed by atoms with Crippen LogP contribution in [0.5, 0.6) is 5.75 Å². The third-order valence-corrected chi connectivity index (χ3v) is 4.34. The largest absolute Gasteiger partial charge is 0.497 e. The van der Waals surface area contributed by atoms with E-state index < -0.39 is 0 Å². The average Bonchev–Trinajstić information content (AvgIpc) is 3.20. The molecule has 0 fully saturated rings. The van der Waals surface area contributed by atoms with Gasteiger partial charge in [-0.2, -0.15) is 0 Å². The van der Waals surface area contributed by atoms with Crippen LogP contribution in [-0.2, 0) is 19.5 Å². The van der Waals surface area contributed by atoms with Crippen LogP contribution in [0.1, 0.15) is 34.2 Å². The summed E-state index contributed by atoms with van der Waals surface area (Å²) >= 11 is 0. The van der Waals surface area contributed by atoms with Crippen LogP contribution in [0.4, 0.5) is 0 Å². The molecular formula is C22H23NO3. The molecule has 26 heavy (non-hydrogen) atoms. The molecule has 1 heterocycles. The number of hydrogen-bond acceptors (Lipinski definition) is 3. The lowest BCUT2D eigenvalue weighted by molar-refractivity contribution is 0.0717. The van der Waals surface area contributed by atoms with Gasteiger partial charge < -0.3 is 14.1 Å². The van der Waals surface area contributed by atoms with Crippen molar-refractivity contribution in [3.63, 3.8) is 0 Å². The highest BCUT2D eigenvalue weighted by atomic mass is 16.5. The summed E-state index contributed by atoms with van der Waals surface area (Å²) in [6, 6.07) is 19.3. The second kappa shape index (κ2) is 8.39.